The normalized spacial score (nSPS) is 17.6. The van der Waals surface area contributed by atoms with Crippen LogP contribution in [0.25, 0.3) is 11.1 Å². The molecule has 4 aromatic rings. The van der Waals surface area contributed by atoms with E-state index in [9.17, 15) is 14.4 Å². The molecule has 0 bridgehead atoms. The minimum atomic E-state index is -1.17. The number of rotatable bonds is 25. The molecule has 102 heavy (non-hydrogen) atoms. The summed E-state index contributed by atoms with van der Waals surface area (Å²) < 4.78 is 18.8. The van der Waals surface area contributed by atoms with Crippen molar-refractivity contribution in [3.63, 3.8) is 0 Å². The lowest BCUT2D eigenvalue weighted by Crippen LogP contribution is -2.91. The number of nitrogens with one attached hydrogen (secondary N) is 1. The van der Waals surface area contributed by atoms with E-state index in [1.165, 1.54) is 12.6 Å². The fourth-order valence-electron chi connectivity index (χ4n) is 15.4. The molecule has 47 heteroatoms. The van der Waals surface area contributed by atoms with Crippen LogP contribution in [-0.2, 0) is 4.74 Å². The number of piperidine rings is 2. The van der Waals surface area contributed by atoms with Gasteiger partial charge in [-0.2, -0.15) is 0 Å². The van der Waals surface area contributed by atoms with Crippen LogP contribution in [0.5, 0.6) is 11.5 Å². The van der Waals surface area contributed by atoms with E-state index in [2.05, 4.69) is 67.7 Å². The number of ether oxygens (including phenoxy) is 3. The minimum Gasteiger partial charge on any atom is -0.482 e. The van der Waals surface area contributed by atoms with Crippen molar-refractivity contribution in [3.8, 4) is 11.5 Å². The van der Waals surface area contributed by atoms with E-state index in [1.807, 2.05) is 119 Å². The third-order valence-corrected chi connectivity index (χ3v) is 20.8. The SMILES string of the molecule is CCN(CC)C(=O)c1ccc(C2=CC3(CCN(C(=O)OC(C)(C)C)CC3C)Oc3ccccc32)cc1.CCN(CC)C(=O)c1ccc(C2=CC3(CCNCC3C)Oc3ccccc32)cc1.[B][B]B(B([B])[B])B(B(B([B])[B])B([B])[B])B(B(B([B])[B])B([B])[B])B(B(B([B])[B])B([B])[B])B(B([B])[B])B([B])[B]. The first-order valence-electron chi connectivity index (χ1n) is 35.6. The summed E-state index contributed by atoms with van der Waals surface area (Å²) in [6.07, 6.45) is -12.0. The lowest BCUT2D eigenvalue weighted by molar-refractivity contribution is -0.0261. The van der Waals surface area contributed by atoms with E-state index in [1.54, 1.807) is 4.90 Å². The lowest BCUT2D eigenvalue weighted by Gasteiger charge is -2.53. The first-order valence-corrected chi connectivity index (χ1v) is 35.6. The zero-order chi connectivity index (χ0) is 76.0. The molecule has 0 saturated carbocycles. The summed E-state index contributed by atoms with van der Waals surface area (Å²) in [5, 5.41) is 3.47. The van der Waals surface area contributed by atoms with Gasteiger partial charge in [-0.15, -0.1) is 0 Å². The fourth-order valence-corrected chi connectivity index (χ4v) is 15.4. The molecule has 4 unspecified atom stereocenters. The van der Waals surface area contributed by atoms with Gasteiger partial charge in [0.05, 0.1) is 0 Å². The molecule has 10 nitrogen and oxygen atoms in total. The van der Waals surface area contributed by atoms with Gasteiger partial charge >= 0.3 is 6.09 Å². The summed E-state index contributed by atoms with van der Waals surface area (Å²) in [5.74, 6) is 2.37. The summed E-state index contributed by atoms with van der Waals surface area (Å²) in [7, 11) is 119. The summed E-state index contributed by atoms with van der Waals surface area (Å²) in [6, 6.07) is 32.3. The number of carbonyl (C=O) groups is 3. The Kier molecular flexibility index (Phi) is 33.5. The van der Waals surface area contributed by atoms with Crippen LogP contribution in [0.4, 0.5) is 4.79 Å². The molecule has 4 aliphatic rings. The lowest BCUT2D eigenvalue weighted by atomic mass is 8.28. The number of hydrogen-bond donors (Lipinski definition) is 1. The van der Waals surface area contributed by atoms with Crippen molar-refractivity contribution in [1.29, 1.82) is 0 Å². The molecule has 0 aromatic heterocycles. The average Bonchev–Trinajstić information content (AvgIpc) is 0.761. The zero-order valence-electron chi connectivity index (χ0n) is 61.3. The topological polar surface area (TPSA) is 101 Å². The summed E-state index contributed by atoms with van der Waals surface area (Å²) in [6.45, 7) is 23.9. The molecular weight excluding hydrogens is 1210 g/mol. The van der Waals surface area contributed by atoms with Gasteiger partial charge in [-0.3, -0.25) is 9.59 Å². The molecule has 39 radical (unpaired) electrons. The first kappa shape index (κ1) is 87.4. The highest BCUT2D eigenvalue weighted by Gasteiger charge is 2.56. The Balaban J connectivity index is 0.000000242. The number of para-hydroxylation sites is 2. The van der Waals surface area contributed by atoms with Gasteiger partial charge in [-0.25, -0.2) is 4.79 Å². The summed E-state index contributed by atoms with van der Waals surface area (Å²) in [5.41, 5.74) is 6.70. The van der Waals surface area contributed by atoms with Crippen molar-refractivity contribution >= 4 is 292 Å². The third-order valence-electron chi connectivity index (χ3n) is 20.8. The largest absolute Gasteiger partial charge is 0.482 e. The molecule has 455 valence electrons. The molecule has 0 aliphatic carbocycles. The number of benzene rings is 4. The van der Waals surface area contributed by atoms with Crippen LogP contribution >= 0.6 is 0 Å². The van der Waals surface area contributed by atoms with Crippen LogP contribution in [0.15, 0.2) is 109 Å². The van der Waals surface area contributed by atoms with E-state index in [4.69, 9.17) is 161 Å². The highest BCUT2D eigenvalue weighted by molar-refractivity contribution is 8.31. The van der Waals surface area contributed by atoms with Crippen molar-refractivity contribution in [1.82, 2.24) is 20.0 Å². The standard InChI is InChI=1S/C30H38N2O4.C25H30N2O2.B37/c1-7-31(8-2)27(33)23-15-13-22(14-16-23)25-19-30(35-26-12-10-9-11-24(25)26)17-18-32(20-21(30)3)28(34)36-29(4,5)6;1-4-27(5-2)24(28)20-12-10-19(11-13-20)22-16-25(14-15-26-17-18(25)3)29-23-9-7-6-8-21(22)23;1-20-30(21(2)3)35(31(22(4)5)23(6)7)37(34(28(16)17)29(18)19)36(32(24(8)9)25(10)11)33(26(12)13)27(14)15/h9-16,19,21H,7-8,17-18,20H2,1-6H3;6-13,16,18,26H,4-5,14-15,17H2,1-3H3;. The van der Waals surface area contributed by atoms with Gasteiger partial charge in [0.15, 0.2) is 0 Å². The van der Waals surface area contributed by atoms with Crippen LogP contribution < -0.4 is 14.8 Å². The average molecular weight is 1280 g/mol. The molecular formula is C55H68B37N4O6. The molecule has 2 spiro atoms. The number of likely N-dealkylation sites (tertiary alicyclic amines) is 1. The Morgan fingerprint density at radius 1 is 0.510 bits per heavy atom. The number of fused-ring (bicyclic) bond motifs is 2. The van der Waals surface area contributed by atoms with Gasteiger partial charge in [-0.05, 0) is 126 Å². The van der Waals surface area contributed by atoms with E-state index < -0.39 is 120 Å². The number of hydrogen-bond acceptors (Lipinski definition) is 7. The second-order valence-corrected chi connectivity index (χ2v) is 28.8. The maximum atomic E-state index is 12.8. The molecule has 4 atom stereocenters. The van der Waals surface area contributed by atoms with Crippen molar-refractivity contribution in [3.05, 3.63) is 143 Å². The predicted molar refractivity (Wildman–Crippen MR) is 472 cm³/mol. The highest BCUT2D eigenvalue weighted by Crippen LogP contribution is 2.47. The Morgan fingerprint density at radius 3 is 1.19 bits per heavy atom. The predicted octanol–water partition coefficient (Wildman–Crippen LogP) is -3.72. The molecule has 1 N–H and O–H groups in total. The number of carbonyl (C=O) groups excluding carboxylic acids is 3. The van der Waals surface area contributed by atoms with E-state index in [0.717, 1.165) is 77.5 Å². The molecule has 2 fully saturated rings. The number of nitrogens with zero attached hydrogens (tertiary/aromatic N) is 3. The van der Waals surface area contributed by atoms with Crippen LogP contribution in [-0.4, -0.2) is 364 Å². The third kappa shape index (κ3) is 21.3. The second kappa shape index (κ2) is 39.1. The van der Waals surface area contributed by atoms with Gasteiger partial charge in [0.2, 0.25) is 0 Å². The van der Waals surface area contributed by atoms with Crippen molar-refractivity contribution < 1.29 is 28.6 Å². The van der Waals surface area contributed by atoms with Gasteiger partial charge in [0.1, 0.15) is 28.3 Å². The van der Waals surface area contributed by atoms with Crippen molar-refractivity contribution in [2.45, 2.75) is 92.0 Å². The monoisotopic (exact) mass is 1290 g/mol. The van der Waals surface area contributed by atoms with Gasteiger partial charge in [-0.1, -0.05) is 74.5 Å². The van der Waals surface area contributed by atoms with Crippen LogP contribution in [0.1, 0.15) is 118 Å². The van der Waals surface area contributed by atoms with Crippen LogP contribution in [0.2, 0.25) is 0 Å². The molecule has 2 saturated heterocycles. The zero-order valence-corrected chi connectivity index (χ0v) is 61.3. The number of amides is 3. The fraction of sp³-hybridized carbons (Fsp3) is 0.436. The maximum absolute atomic E-state index is 12.8. The van der Waals surface area contributed by atoms with Crippen LogP contribution in [0.3, 0.4) is 0 Å². The van der Waals surface area contributed by atoms with Crippen molar-refractivity contribution in [2.24, 2.45) is 11.8 Å². The quantitative estimate of drug-likeness (QED) is 0.0683. The van der Waals surface area contributed by atoms with Crippen molar-refractivity contribution in [2.75, 3.05) is 52.4 Å². The minimum absolute atomic E-state index is 0.0486. The second-order valence-electron chi connectivity index (χ2n) is 28.8. The molecule has 4 heterocycles. The maximum Gasteiger partial charge on any atom is 0.410 e. The van der Waals surface area contributed by atoms with Crippen LogP contribution in [0, 0.1) is 11.8 Å². The molecule has 8 rings (SSSR count). The first-order chi connectivity index (χ1) is 48.0. The summed E-state index contributed by atoms with van der Waals surface area (Å²) >= 11 is 0. The van der Waals surface area contributed by atoms with Gasteiger partial charge in [0, 0.05) is 355 Å². The van der Waals surface area contributed by atoms with E-state index in [0.29, 0.717) is 44.1 Å². The highest BCUT2D eigenvalue weighted by atomic mass is 16.6. The van der Waals surface area contributed by atoms with Gasteiger partial charge in [0.25, 0.3) is 11.8 Å². The molecule has 4 aromatic carbocycles. The Morgan fingerprint density at radius 2 is 0.863 bits per heavy atom. The molecule has 4 aliphatic heterocycles. The van der Waals surface area contributed by atoms with E-state index >= 15 is 0 Å². The smallest absolute Gasteiger partial charge is 0.410 e. The molecule has 3 amide bonds. The Hall–Kier alpha value is -3.47. The summed E-state index contributed by atoms with van der Waals surface area (Å²) in [4.78, 5) is 43.6. The van der Waals surface area contributed by atoms with E-state index in [-0.39, 0.29) is 29.4 Å². The van der Waals surface area contributed by atoms with Gasteiger partial charge < -0.3 is 34.2 Å². The Labute approximate surface area is 645 Å². The Bertz CT molecular complexity index is 3360.